The Morgan fingerprint density at radius 1 is 0.362 bits per heavy atom. The van der Waals surface area contributed by atoms with Crippen molar-refractivity contribution in [2.45, 2.75) is 5.41 Å². The molecule has 0 saturated carbocycles. The molecule has 0 aliphatic heterocycles. The largest absolute Gasteiger partial charge is 0.456 e. The lowest BCUT2D eigenvalue weighted by Crippen LogP contribution is -2.28. The fraction of sp³-hybridized carbons (Fsp3) is 0.0182. The smallest absolute Gasteiger partial charge is 0.135 e. The van der Waals surface area contributed by atoms with Gasteiger partial charge in [-0.25, -0.2) is 0 Å². The molecule has 58 heavy (non-hydrogen) atoms. The van der Waals surface area contributed by atoms with Gasteiger partial charge in [0.15, 0.2) is 0 Å². The van der Waals surface area contributed by atoms with Crippen molar-refractivity contribution >= 4 is 70.5 Å². The third kappa shape index (κ3) is 4.90. The second-order valence-corrected chi connectivity index (χ2v) is 16.3. The summed E-state index contributed by atoms with van der Waals surface area (Å²) in [7, 11) is 0. The molecule has 0 radical (unpaired) electrons. The van der Waals surface area contributed by atoms with Crippen LogP contribution < -0.4 is 4.90 Å². The molecule has 0 spiro atoms. The first-order valence-electron chi connectivity index (χ1n) is 19.8. The zero-order chi connectivity index (χ0) is 38.2. The van der Waals surface area contributed by atoms with E-state index in [1.54, 1.807) is 0 Å². The highest BCUT2D eigenvalue weighted by Gasteiger charge is 2.46. The Kier molecular flexibility index (Phi) is 7.35. The van der Waals surface area contributed by atoms with Gasteiger partial charge in [-0.3, -0.25) is 0 Å². The minimum Gasteiger partial charge on any atom is -0.456 e. The summed E-state index contributed by atoms with van der Waals surface area (Å²) < 4.78 is 8.96. The van der Waals surface area contributed by atoms with Crippen LogP contribution in [0.5, 0.6) is 0 Å². The number of anilines is 3. The monoisotopic (exact) mass is 757 g/mol. The summed E-state index contributed by atoms with van der Waals surface area (Å²) in [5.41, 5.74) is 14.4. The van der Waals surface area contributed by atoms with Crippen LogP contribution in [-0.2, 0) is 5.41 Å². The average molecular weight is 758 g/mol. The van der Waals surface area contributed by atoms with Crippen LogP contribution in [0.2, 0.25) is 0 Å². The topological polar surface area (TPSA) is 16.4 Å². The number of hydrogen-bond donors (Lipinski definition) is 0. The van der Waals surface area contributed by atoms with Crippen molar-refractivity contribution in [2.24, 2.45) is 0 Å². The molecule has 0 fully saturated rings. The van der Waals surface area contributed by atoms with E-state index >= 15 is 0 Å². The molecule has 0 saturated heterocycles. The number of thiophene rings is 1. The van der Waals surface area contributed by atoms with Crippen molar-refractivity contribution in [3.63, 3.8) is 0 Å². The maximum Gasteiger partial charge on any atom is 0.135 e. The van der Waals surface area contributed by atoms with E-state index in [1.165, 1.54) is 64.7 Å². The Morgan fingerprint density at radius 3 is 1.84 bits per heavy atom. The number of benzene rings is 9. The maximum atomic E-state index is 6.38. The van der Waals surface area contributed by atoms with Gasteiger partial charge >= 0.3 is 0 Å². The first-order chi connectivity index (χ1) is 28.7. The Hall–Kier alpha value is -7.20. The quantitative estimate of drug-likeness (QED) is 0.168. The summed E-state index contributed by atoms with van der Waals surface area (Å²) in [5.74, 6) is 0. The number of para-hydroxylation sites is 1. The zero-order valence-corrected chi connectivity index (χ0v) is 32.3. The molecule has 9 aromatic carbocycles. The lowest BCUT2D eigenvalue weighted by Gasteiger charge is -2.35. The van der Waals surface area contributed by atoms with Crippen LogP contribution >= 0.6 is 11.3 Å². The van der Waals surface area contributed by atoms with E-state index in [0.717, 1.165) is 39.0 Å². The van der Waals surface area contributed by atoms with Crippen molar-refractivity contribution < 1.29 is 4.42 Å². The third-order valence-electron chi connectivity index (χ3n) is 12.2. The molecule has 3 heteroatoms. The van der Waals surface area contributed by atoms with Crippen molar-refractivity contribution in [2.75, 3.05) is 4.90 Å². The second-order valence-electron chi connectivity index (χ2n) is 15.2. The summed E-state index contributed by atoms with van der Waals surface area (Å²) in [5, 5.41) is 4.85. The first kappa shape index (κ1) is 33.0. The molecular weight excluding hydrogens is 723 g/mol. The Bertz CT molecular complexity index is 3340. The van der Waals surface area contributed by atoms with E-state index in [2.05, 4.69) is 211 Å². The van der Waals surface area contributed by atoms with E-state index in [4.69, 9.17) is 4.42 Å². The van der Waals surface area contributed by atoms with Crippen LogP contribution in [0, 0.1) is 0 Å². The van der Waals surface area contributed by atoms with Crippen molar-refractivity contribution in [1.29, 1.82) is 0 Å². The van der Waals surface area contributed by atoms with Crippen LogP contribution in [0.1, 0.15) is 22.3 Å². The van der Waals surface area contributed by atoms with E-state index in [0.29, 0.717) is 0 Å². The van der Waals surface area contributed by atoms with Gasteiger partial charge in [0, 0.05) is 48.0 Å². The third-order valence-corrected chi connectivity index (χ3v) is 13.3. The van der Waals surface area contributed by atoms with Gasteiger partial charge < -0.3 is 9.32 Å². The molecular formula is C55H35NOS. The van der Waals surface area contributed by atoms with Crippen LogP contribution in [-0.4, -0.2) is 0 Å². The van der Waals surface area contributed by atoms with Gasteiger partial charge in [-0.15, -0.1) is 11.3 Å². The summed E-state index contributed by atoms with van der Waals surface area (Å²) in [6.07, 6.45) is 0. The number of furan rings is 1. The maximum absolute atomic E-state index is 6.38. The Labute approximate surface area is 340 Å². The van der Waals surface area contributed by atoms with E-state index < -0.39 is 5.41 Å². The van der Waals surface area contributed by atoms with Gasteiger partial charge in [0.25, 0.3) is 0 Å². The highest BCUT2D eigenvalue weighted by atomic mass is 32.1. The summed E-state index contributed by atoms with van der Waals surface area (Å²) in [6, 6.07) is 77.7. The lowest BCUT2D eigenvalue weighted by molar-refractivity contribution is 0.668. The molecule has 0 amide bonds. The van der Waals surface area contributed by atoms with E-state index in [-0.39, 0.29) is 0 Å². The van der Waals surface area contributed by atoms with Crippen molar-refractivity contribution in [3.05, 3.63) is 235 Å². The Balaban J connectivity index is 1.12. The predicted molar refractivity (Wildman–Crippen MR) is 244 cm³/mol. The zero-order valence-electron chi connectivity index (χ0n) is 31.5. The standard InChI is InChI=1S/C55H35NOS/c1-3-13-36(14-4-1)37-23-26-40(27-24-37)56(42-29-31-47-46-19-9-12-22-53(46)58-54(47)35-42)41-28-30-44-43-17-7-10-20-49(43)55(50(44)34-41,38-15-5-2-6-16-38)39-25-32-52-48(33-39)45-18-8-11-21-51(45)57-52/h1-35H. The van der Waals surface area contributed by atoms with E-state index in [9.17, 15) is 0 Å². The van der Waals surface area contributed by atoms with E-state index in [1.807, 2.05) is 17.4 Å². The normalized spacial score (nSPS) is 14.6. The minimum atomic E-state index is -0.589. The molecule has 12 rings (SSSR count). The highest BCUT2D eigenvalue weighted by Crippen LogP contribution is 2.58. The first-order valence-corrected chi connectivity index (χ1v) is 20.6. The van der Waals surface area contributed by atoms with Gasteiger partial charge in [-0.2, -0.15) is 0 Å². The molecule has 2 nitrogen and oxygen atoms in total. The molecule has 2 heterocycles. The number of rotatable bonds is 6. The average Bonchev–Trinajstić information content (AvgIpc) is 3.95. The molecule has 272 valence electrons. The molecule has 0 N–H and O–H groups in total. The highest BCUT2D eigenvalue weighted by molar-refractivity contribution is 7.25. The molecule has 1 aliphatic rings. The van der Waals surface area contributed by atoms with Crippen molar-refractivity contribution in [3.8, 4) is 22.3 Å². The fourth-order valence-electron chi connectivity index (χ4n) is 9.58. The summed E-state index contributed by atoms with van der Waals surface area (Å²) >= 11 is 1.86. The van der Waals surface area contributed by atoms with Gasteiger partial charge in [-0.1, -0.05) is 152 Å². The fourth-order valence-corrected chi connectivity index (χ4v) is 10.7. The predicted octanol–water partition coefficient (Wildman–Crippen LogP) is 15.5. The molecule has 1 aliphatic carbocycles. The molecule has 2 aromatic heterocycles. The lowest BCUT2D eigenvalue weighted by atomic mass is 9.67. The van der Waals surface area contributed by atoms with Gasteiger partial charge in [0.1, 0.15) is 11.2 Å². The number of fused-ring (bicyclic) bond motifs is 9. The molecule has 0 bridgehead atoms. The summed E-state index contributed by atoms with van der Waals surface area (Å²) in [6.45, 7) is 0. The molecule has 1 unspecified atom stereocenters. The molecule has 1 atom stereocenters. The summed E-state index contributed by atoms with van der Waals surface area (Å²) in [4.78, 5) is 2.43. The molecule has 11 aromatic rings. The van der Waals surface area contributed by atoms with Crippen LogP contribution in [0.3, 0.4) is 0 Å². The van der Waals surface area contributed by atoms with Gasteiger partial charge in [-0.05, 0) is 105 Å². The number of nitrogens with zero attached hydrogens (tertiary/aromatic N) is 1. The second kappa shape index (κ2) is 12.9. The van der Waals surface area contributed by atoms with Crippen molar-refractivity contribution in [1.82, 2.24) is 0 Å². The van der Waals surface area contributed by atoms with Crippen LogP contribution in [0.15, 0.2) is 217 Å². The van der Waals surface area contributed by atoms with Gasteiger partial charge in [0.05, 0.1) is 5.41 Å². The van der Waals surface area contributed by atoms with Gasteiger partial charge in [0.2, 0.25) is 0 Å². The van der Waals surface area contributed by atoms with Crippen LogP contribution in [0.25, 0.3) is 64.4 Å². The van der Waals surface area contributed by atoms with Crippen LogP contribution in [0.4, 0.5) is 17.1 Å². The Morgan fingerprint density at radius 2 is 0.983 bits per heavy atom. The SMILES string of the molecule is c1ccc(-c2ccc(N(c3ccc4c(c3)C(c3ccccc3)(c3ccc5oc6ccccc6c5c3)c3ccccc3-4)c3ccc4c(c3)sc3ccccc34)cc2)cc1. The number of hydrogen-bond acceptors (Lipinski definition) is 3. The minimum absolute atomic E-state index is 0.589.